The third kappa shape index (κ3) is 2.52. The van der Waals surface area contributed by atoms with E-state index in [0.717, 1.165) is 0 Å². The normalized spacial score (nSPS) is 13.5. The van der Waals surface area contributed by atoms with Crippen molar-refractivity contribution in [3.63, 3.8) is 0 Å². The van der Waals surface area contributed by atoms with Crippen LogP contribution < -0.4 is 5.73 Å². The Bertz CT molecular complexity index is 273. The van der Waals surface area contributed by atoms with Gasteiger partial charge >= 0.3 is 0 Å². The highest BCUT2D eigenvalue weighted by atomic mass is 16.5. The third-order valence-electron chi connectivity index (χ3n) is 1.86. The number of ether oxygens (including phenoxy) is 1. The van der Waals surface area contributed by atoms with Crippen LogP contribution in [0.5, 0.6) is 0 Å². The van der Waals surface area contributed by atoms with E-state index < -0.39 is 0 Å². The first-order valence-electron chi connectivity index (χ1n) is 4.83. The van der Waals surface area contributed by atoms with Crippen molar-refractivity contribution in [1.82, 2.24) is 10.1 Å². The summed E-state index contributed by atoms with van der Waals surface area (Å²) in [6, 6.07) is 0. The molecule has 1 heterocycles. The molecule has 1 aromatic rings. The molecule has 0 aromatic carbocycles. The van der Waals surface area contributed by atoms with Crippen LogP contribution in [0.2, 0.25) is 0 Å². The minimum Gasteiger partial charge on any atom is -0.370 e. The predicted molar refractivity (Wildman–Crippen MR) is 51.4 cm³/mol. The van der Waals surface area contributed by atoms with Crippen molar-refractivity contribution < 1.29 is 9.26 Å². The maximum atomic E-state index is 5.52. The molecular weight excluding hydrogens is 182 g/mol. The van der Waals surface area contributed by atoms with Gasteiger partial charge in [0.1, 0.15) is 6.10 Å². The van der Waals surface area contributed by atoms with Gasteiger partial charge in [-0.3, -0.25) is 0 Å². The molecule has 5 heteroatoms. The first kappa shape index (κ1) is 11.1. The van der Waals surface area contributed by atoms with E-state index in [1.807, 2.05) is 6.92 Å². The highest BCUT2D eigenvalue weighted by Gasteiger charge is 2.21. The number of nitrogens with two attached hydrogens (primary N) is 1. The van der Waals surface area contributed by atoms with Gasteiger partial charge in [-0.05, 0) is 12.8 Å². The largest absolute Gasteiger partial charge is 0.370 e. The molecule has 0 bridgehead atoms. The zero-order chi connectivity index (χ0) is 10.6. The van der Waals surface area contributed by atoms with Crippen LogP contribution in [0.1, 0.15) is 38.6 Å². The van der Waals surface area contributed by atoms with Crippen molar-refractivity contribution in [2.75, 3.05) is 6.61 Å². The van der Waals surface area contributed by atoms with E-state index in [1.54, 1.807) is 0 Å². The van der Waals surface area contributed by atoms with Crippen molar-refractivity contribution in [3.05, 3.63) is 11.7 Å². The first-order chi connectivity index (χ1) is 6.69. The van der Waals surface area contributed by atoms with Crippen LogP contribution >= 0.6 is 0 Å². The second-order valence-electron chi connectivity index (χ2n) is 3.37. The number of nitrogens with zero attached hydrogens (tertiary/aromatic N) is 2. The summed E-state index contributed by atoms with van der Waals surface area (Å²) in [5.41, 5.74) is 5.38. The van der Waals surface area contributed by atoms with E-state index in [4.69, 9.17) is 15.0 Å². The molecule has 1 rings (SSSR count). The van der Waals surface area contributed by atoms with Gasteiger partial charge in [0.05, 0.1) is 6.54 Å². The molecule has 80 valence electrons. The summed E-state index contributed by atoms with van der Waals surface area (Å²) in [5, 5.41) is 3.84. The summed E-state index contributed by atoms with van der Waals surface area (Å²) in [5.74, 6) is 1.35. The summed E-state index contributed by atoms with van der Waals surface area (Å²) in [7, 11) is 0. The molecule has 0 spiro atoms. The molecule has 14 heavy (non-hydrogen) atoms. The Morgan fingerprint density at radius 1 is 1.50 bits per heavy atom. The van der Waals surface area contributed by atoms with Crippen LogP contribution in [-0.4, -0.2) is 16.7 Å². The van der Waals surface area contributed by atoms with E-state index in [0.29, 0.717) is 24.2 Å². The number of rotatable bonds is 5. The first-order valence-corrected chi connectivity index (χ1v) is 4.83. The highest BCUT2D eigenvalue weighted by Crippen LogP contribution is 2.22. The third-order valence-corrected chi connectivity index (χ3v) is 1.86. The highest BCUT2D eigenvalue weighted by molar-refractivity contribution is 4.92. The van der Waals surface area contributed by atoms with Gasteiger partial charge in [0.25, 0.3) is 0 Å². The zero-order valence-corrected chi connectivity index (χ0v) is 8.86. The average Bonchev–Trinajstić information content (AvgIpc) is 2.61. The van der Waals surface area contributed by atoms with Crippen molar-refractivity contribution in [1.29, 1.82) is 0 Å². The molecule has 0 aliphatic carbocycles. The number of hydrogen-bond acceptors (Lipinski definition) is 5. The summed E-state index contributed by atoms with van der Waals surface area (Å²) in [6.07, 6.45) is -0.107. The molecule has 0 radical (unpaired) electrons. The number of aromatic nitrogens is 2. The second-order valence-corrected chi connectivity index (χ2v) is 3.37. The van der Waals surface area contributed by atoms with Crippen molar-refractivity contribution >= 4 is 0 Å². The molecular formula is C9H17N3O2. The Kier molecular flexibility index (Phi) is 4.03. The lowest BCUT2D eigenvalue weighted by Gasteiger charge is -2.16. The SMILES string of the molecule is CCOC(c1noc(CN)n1)C(C)C. The van der Waals surface area contributed by atoms with Gasteiger partial charge < -0.3 is 15.0 Å². The van der Waals surface area contributed by atoms with E-state index in [-0.39, 0.29) is 12.6 Å². The molecule has 0 saturated heterocycles. The van der Waals surface area contributed by atoms with Gasteiger partial charge in [0.2, 0.25) is 11.7 Å². The lowest BCUT2D eigenvalue weighted by atomic mass is 10.1. The van der Waals surface area contributed by atoms with Crippen molar-refractivity contribution in [3.8, 4) is 0 Å². The molecule has 5 nitrogen and oxygen atoms in total. The van der Waals surface area contributed by atoms with Gasteiger partial charge in [0, 0.05) is 6.61 Å². The molecule has 2 N–H and O–H groups in total. The van der Waals surface area contributed by atoms with Gasteiger partial charge in [-0.15, -0.1) is 0 Å². The summed E-state index contributed by atoms with van der Waals surface area (Å²) < 4.78 is 10.4. The maximum Gasteiger partial charge on any atom is 0.240 e. The second kappa shape index (κ2) is 5.07. The minimum absolute atomic E-state index is 0.107. The molecule has 0 amide bonds. The molecule has 0 aliphatic heterocycles. The summed E-state index contributed by atoms with van der Waals surface area (Å²) in [4.78, 5) is 4.14. The van der Waals surface area contributed by atoms with Gasteiger partial charge in [-0.1, -0.05) is 19.0 Å². The Balaban J connectivity index is 2.76. The lowest BCUT2D eigenvalue weighted by molar-refractivity contribution is 0.0217. The van der Waals surface area contributed by atoms with E-state index >= 15 is 0 Å². The standard InChI is InChI=1S/C9H17N3O2/c1-4-13-8(6(2)3)9-11-7(5-10)14-12-9/h6,8H,4-5,10H2,1-3H3. The molecule has 1 aromatic heterocycles. The Morgan fingerprint density at radius 2 is 2.21 bits per heavy atom. The van der Waals surface area contributed by atoms with E-state index in [2.05, 4.69) is 24.0 Å². The maximum absolute atomic E-state index is 5.52. The van der Waals surface area contributed by atoms with Gasteiger partial charge in [-0.2, -0.15) is 4.98 Å². The molecule has 0 aliphatic rings. The zero-order valence-electron chi connectivity index (χ0n) is 8.86. The van der Waals surface area contributed by atoms with Crippen molar-refractivity contribution in [2.24, 2.45) is 11.7 Å². The van der Waals surface area contributed by atoms with Crippen LogP contribution in [0.25, 0.3) is 0 Å². The monoisotopic (exact) mass is 199 g/mol. The molecule has 1 atom stereocenters. The predicted octanol–water partition coefficient (Wildman–Crippen LogP) is 1.26. The summed E-state index contributed by atoms with van der Waals surface area (Å²) >= 11 is 0. The lowest BCUT2D eigenvalue weighted by Crippen LogP contribution is -2.13. The molecule has 0 saturated carbocycles. The van der Waals surface area contributed by atoms with E-state index in [1.165, 1.54) is 0 Å². The fourth-order valence-corrected chi connectivity index (χ4v) is 1.21. The smallest absolute Gasteiger partial charge is 0.240 e. The minimum atomic E-state index is -0.107. The number of hydrogen-bond donors (Lipinski definition) is 1. The van der Waals surface area contributed by atoms with Gasteiger partial charge in [0.15, 0.2) is 0 Å². The van der Waals surface area contributed by atoms with E-state index in [9.17, 15) is 0 Å². The van der Waals surface area contributed by atoms with Crippen LogP contribution in [0, 0.1) is 5.92 Å². The van der Waals surface area contributed by atoms with Crippen molar-refractivity contribution in [2.45, 2.75) is 33.4 Å². The quantitative estimate of drug-likeness (QED) is 0.772. The average molecular weight is 199 g/mol. The fraction of sp³-hybridized carbons (Fsp3) is 0.778. The summed E-state index contributed by atoms with van der Waals surface area (Å²) in [6.45, 7) is 6.95. The molecule has 1 unspecified atom stereocenters. The Hall–Kier alpha value is -0.940. The molecule has 0 fully saturated rings. The van der Waals surface area contributed by atoms with Crippen LogP contribution in [0.15, 0.2) is 4.52 Å². The topological polar surface area (TPSA) is 74.2 Å². The Labute approximate surface area is 83.6 Å². The van der Waals surface area contributed by atoms with Crippen LogP contribution in [-0.2, 0) is 11.3 Å². The van der Waals surface area contributed by atoms with Crippen LogP contribution in [0.3, 0.4) is 0 Å². The Morgan fingerprint density at radius 3 is 2.64 bits per heavy atom. The fourth-order valence-electron chi connectivity index (χ4n) is 1.21. The van der Waals surface area contributed by atoms with Crippen LogP contribution in [0.4, 0.5) is 0 Å². The van der Waals surface area contributed by atoms with Gasteiger partial charge in [-0.25, -0.2) is 0 Å².